The van der Waals surface area contributed by atoms with Gasteiger partial charge in [0.1, 0.15) is 31.0 Å². The van der Waals surface area contributed by atoms with Crippen LogP contribution in [0.1, 0.15) is 88.3 Å². The van der Waals surface area contributed by atoms with Crippen LogP contribution in [0, 0.1) is 23.2 Å². The molecular formula is C38H60FN10O13P2Si2+. The van der Waals surface area contributed by atoms with Crippen molar-refractivity contribution in [3.8, 4) is 6.07 Å². The van der Waals surface area contributed by atoms with E-state index in [9.17, 15) is 24.3 Å². The molecule has 4 N–H and O–H groups in total. The van der Waals surface area contributed by atoms with E-state index >= 15 is 8.96 Å². The summed E-state index contributed by atoms with van der Waals surface area (Å²) in [4.78, 5) is 59.0. The van der Waals surface area contributed by atoms with E-state index in [2.05, 4.69) is 68.2 Å². The highest BCUT2D eigenvalue weighted by Crippen LogP contribution is 2.57. The van der Waals surface area contributed by atoms with E-state index in [1.54, 1.807) is 13.8 Å². The summed E-state index contributed by atoms with van der Waals surface area (Å²) in [5.74, 6) is -2.03. The number of phosphoric ester groups is 1. The zero-order valence-electron chi connectivity index (χ0n) is 38.5. The van der Waals surface area contributed by atoms with Crippen molar-refractivity contribution in [2.45, 2.75) is 147 Å². The van der Waals surface area contributed by atoms with Crippen molar-refractivity contribution in [2.24, 2.45) is 11.8 Å². The van der Waals surface area contributed by atoms with Gasteiger partial charge in [-0.1, -0.05) is 69.2 Å². The molecule has 364 valence electrons. The molecule has 2 aliphatic heterocycles. The van der Waals surface area contributed by atoms with E-state index in [1.165, 1.54) is 23.5 Å². The first-order valence-corrected chi connectivity index (χ1v) is 28.4. The second kappa shape index (κ2) is 21.4. The third kappa shape index (κ3) is 11.0. The molecule has 6 rings (SSSR count). The number of hydrogen-bond acceptors (Lipinski definition) is 19. The summed E-state index contributed by atoms with van der Waals surface area (Å²) in [5.41, 5.74) is -1.23. The lowest BCUT2D eigenvalue weighted by molar-refractivity contribution is -0.118. The van der Waals surface area contributed by atoms with E-state index in [0.29, 0.717) is 0 Å². The standard InChI is InChI=1S/C38H59FN10O13P2Si2/c1-20(2)34(50)47-38-46-33-29(35(51)48-38)44-19-49(33)36-32(31-27(58-36)16-57-65(21(3)4,22(5)6)62-66(61-31,23(7)8)24(9)10)60-64(54,55-13-11-12-40)56-15-25-14-26(28(39)30(25)59-63(52)53)45-37-42-17-41-18-43-37/h17-28,30-32,36H,11,13-16H2,1-10H3,(H3-,41,42,43,45,46,47,48,50,51,52,53)/p+1/t25-,26-,27-,28+,30-,31-,32-,36-,64-/m1/s1. The normalized spacial score (nSPS) is 27.5. The number of nitrogens with one attached hydrogen (secondary N) is 3. The number of hydrogen-bond donors (Lipinski definition) is 4. The van der Waals surface area contributed by atoms with Crippen LogP contribution in [-0.4, -0.2) is 119 Å². The van der Waals surface area contributed by atoms with Gasteiger partial charge in [-0.3, -0.25) is 38.0 Å². The van der Waals surface area contributed by atoms with Gasteiger partial charge in [-0.25, -0.2) is 28.9 Å². The van der Waals surface area contributed by atoms with Crippen molar-refractivity contribution in [1.29, 1.82) is 5.26 Å². The average Bonchev–Trinajstić information content (AvgIpc) is 3.89. The minimum atomic E-state index is -4.91. The largest absolute Gasteiger partial charge is 0.695 e. The Hall–Kier alpha value is -3.55. The molecular weight excluding hydrogens is 942 g/mol. The van der Waals surface area contributed by atoms with Crippen molar-refractivity contribution < 1.29 is 59.0 Å². The summed E-state index contributed by atoms with van der Waals surface area (Å²) in [5, 5.41) is 14.9. The fourth-order valence-corrected chi connectivity index (χ4v) is 21.7. The van der Waals surface area contributed by atoms with E-state index in [-0.39, 0.29) is 64.7 Å². The van der Waals surface area contributed by atoms with Gasteiger partial charge < -0.3 is 23.0 Å². The maximum Gasteiger partial charge on any atom is 0.695 e. The van der Waals surface area contributed by atoms with Crippen LogP contribution < -0.4 is 16.2 Å². The Morgan fingerprint density at radius 3 is 2.33 bits per heavy atom. The molecule has 0 radical (unpaired) electrons. The quantitative estimate of drug-likeness (QED) is 0.0602. The van der Waals surface area contributed by atoms with E-state index < -0.39 is 113 Å². The number of carbonyl (C=O) groups is 1. The fraction of sp³-hybridized carbons (Fsp3) is 0.737. The number of imidazole rings is 1. The lowest BCUT2D eigenvalue weighted by Crippen LogP contribution is -2.65. The minimum absolute atomic E-state index is 0.0234. The van der Waals surface area contributed by atoms with Gasteiger partial charge in [-0.15, -0.1) is 9.42 Å². The number of phosphoric acid groups is 1. The summed E-state index contributed by atoms with van der Waals surface area (Å²) in [6.07, 6.45) is -4.92. The van der Waals surface area contributed by atoms with Crippen LogP contribution in [0.2, 0.25) is 22.2 Å². The Bertz CT molecular complexity index is 2310. The number of aromatic nitrogens is 7. The van der Waals surface area contributed by atoms with Crippen LogP contribution in [0.3, 0.4) is 0 Å². The molecule has 3 aromatic rings. The average molecular weight is 1000 g/mol. The number of nitriles is 1. The van der Waals surface area contributed by atoms with Crippen molar-refractivity contribution in [3.63, 3.8) is 0 Å². The SMILES string of the molecule is CC(C)C(=O)Nc1nc2c(ncn2[C@@H]2O[C@@H]3CO[Si](C(C)C)(C(C)C)O[Si](C(C)C)(C(C)C)O[C@H]3[C@H]2O[P@](=O)(OCCC#N)OC[C@H]2C[C@@H](Nc3ncncn3)[C@H](F)[C@@H]2O[P+](=O)O)c(=O)[nH]1. The van der Waals surface area contributed by atoms with E-state index in [1.807, 2.05) is 33.8 Å². The van der Waals surface area contributed by atoms with Gasteiger partial charge in [-0.2, -0.15) is 10.2 Å². The number of rotatable bonds is 19. The first kappa shape index (κ1) is 51.8. The van der Waals surface area contributed by atoms with Crippen molar-refractivity contribution in [3.05, 3.63) is 29.3 Å². The molecule has 2 saturated heterocycles. The minimum Gasteiger partial charge on any atom is -0.414 e. The van der Waals surface area contributed by atoms with Gasteiger partial charge in [-0.05, 0) is 28.6 Å². The molecule has 5 heterocycles. The lowest BCUT2D eigenvalue weighted by Gasteiger charge is -2.51. The molecule has 3 aliphatic rings. The van der Waals surface area contributed by atoms with Crippen LogP contribution in [0.25, 0.3) is 11.2 Å². The Kier molecular flexibility index (Phi) is 16.8. The third-order valence-corrected chi connectivity index (χ3v) is 24.1. The van der Waals surface area contributed by atoms with Crippen molar-refractivity contribution in [2.75, 3.05) is 30.5 Å². The number of ether oxygens (including phenoxy) is 1. The number of amides is 1. The second-order valence-corrected chi connectivity index (χ2v) is 29.2. The molecule has 1 amide bonds. The summed E-state index contributed by atoms with van der Waals surface area (Å²) in [7, 11) is -14.8. The van der Waals surface area contributed by atoms with Crippen molar-refractivity contribution >= 4 is 62.2 Å². The Labute approximate surface area is 384 Å². The number of fused-ring (bicyclic) bond motifs is 2. The molecule has 0 bridgehead atoms. The Morgan fingerprint density at radius 2 is 1.73 bits per heavy atom. The molecule has 28 heteroatoms. The zero-order valence-corrected chi connectivity index (χ0v) is 42.3. The van der Waals surface area contributed by atoms with Crippen molar-refractivity contribution in [1.82, 2.24) is 34.5 Å². The topological polar surface area (TPSA) is 295 Å². The number of halogens is 1. The zero-order chi connectivity index (χ0) is 48.3. The molecule has 66 heavy (non-hydrogen) atoms. The first-order chi connectivity index (χ1) is 31.1. The highest BCUT2D eigenvalue weighted by molar-refractivity contribution is 7.48. The van der Waals surface area contributed by atoms with Gasteiger partial charge in [0.25, 0.3) is 5.56 Å². The van der Waals surface area contributed by atoms with E-state index in [4.69, 9.17) is 35.8 Å². The Balaban J connectivity index is 1.45. The maximum absolute atomic E-state index is 16.0. The Morgan fingerprint density at radius 1 is 1.06 bits per heavy atom. The summed E-state index contributed by atoms with van der Waals surface area (Å²) in [6.45, 7) is 18.6. The lowest BCUT2D eigenvalue weighted by atomic mass is 10.1. The van der Waals surface area contributed by atoms with Gasteiger partial charge in [0, 0.05) is 16.4 Å². The highest BCUT2D eigenvalue weighted by Gasteiger charge is 2.63. The summed E-state index contributed by atoms with van der Waals surface area (Å²) >= 11 is 0. The first-order valence-electron chi connectivity index (χ1n) is 21.9. The molecule has 23 nitrogen and oxygen atoms in total. The predicted molar refractivity (Wildman–Crippen MR) is 239 cm³/mol. The number of anilines is 2. The molecule has 1 unspecified atom stereocenters. The number of carbonyl (C=O) groups excluding carboxylic acids is 1. The van der Waals surface area contributed by atoms with Gasteiger partial charge in [0.15, 0.2) is 29.7 Å². The maximum atomic E-state index is 16.0. The van der Waals surface area contributed by atoms with Gasteiger partial charge in [0.2, 0.25) is 17.8 Å². The molecule has 3 aromatic heterocycles. The molecule has 1 saturated carbocycles. The van der Waals surface area contributed by atoms with Gasteiger partial charge in [0.05, 0.1) is 44.7 Å². The summed E-state index contributed by atoms with van der Waals surface area (Å²) in [6, 6.07) is 0.885. The second-order valence-electron chi connectivity index (χ2n) is 18.0. The third-order valence-electron chi connectivity index (χ3n) is 12.0. The number of nitrogens with zero attached hydrogens (tertiary/aromatic N) is 7. The van der Waals surface area contributed by atoms with Gasteiger partial charge >= 0.3 is 33.2 Å². The fourth-order valence-electron chi connectivity index (χ4n) is 8.64. The number of H-pyrrole nitrogens is 1. The van der Waals surface area contributed by atoms with Crippen LogP contribution in [0.15, 0.2) is 23.8 Å². The monoisotopic (exact) mass is 1000 g/mol. The van der Waals surface area contributed by atoms with Crippen LogP contribution in [-0.2, 0) is 49.7 Å². The highest BCUT2D eigenvalue weighted by atomic mass is 31.2. The molecule has 10 atom stereocenters. The molecule has 0 spiro atoms. The van der Waals surface area contributed by atoms with E-state index in [0.717, 1.165) is 0 Å². The number of alkyl halides is 1. The summed E-state index contributed by atoms with van der Waals surface area (Å²) < 4.78 is 96.7. The predicted octanol–water partition coefficient (Wildman–Crippen LogP) is 6.07. The number of aromatic amines is 1. The molecule has 3 fully saturated rings. The van der Waals surface area contributed by atoms with Crippen LogP contribution in [0.4, 0.5) is 16.3 Å². The van der Waals surface area contributed by atoms with Crippen LogP contribution >= 0.6 is 16.1 Å². The smallest absolute Gasteiger partial charge is 0.414 e. The van der Waals surface area contributed by atoms with Crippen LogP contribution in [0.5, 0.6) is 0 Å². The molecule has 0 aromatic carbocycles. The molecule has 1 aliphatic carbocycles.